The molecule has 0 saturated carbocycles. The number of aromatic amines is 1. The number of anilines is 1. The summed E-state index contributed by atoms with van der Waals surface area (Å²) in [6.07, 6.45) is -0.822. The van der Waals surface area contributed by atoms with Crippen LogP contribution >= 0.6 is 0 Å². The highest BCUT2D eigenvalue weighted by Gasteiger charge is 2.36. The number of piperidine rings is 1. The number of hydrogen-bond donors (Lipinski definition) is 3. The first-order valence-corrected chi connectivity index (χ1v) is 10.7. The minimum atomic E-state index is -4.70. The number of pyridine rings is 1. The van der Waals surface area contributed by atoms with Crippen molar-refractivity contribution in [2.24, 2.45) is 0 Å². The van der Waals surface area contributed by atoms with Crippen LogP contribution < -0.4 is 10.6 Å². The Kier molecular flexibility index (Phi) is 5.47. The van der Waals surface area contributed by atoms with Crippen LogP contribution in [0, 0.1) is 19.7 Å². The van der Waals surface area contributed by atoms with Crippen molar-refractivity contribution in [1.29, 1.82) is 0 Å². The Hall–Kier alpha value is -3.54. The summed E-state index contributed by atoms with van der Waals surface area (Å²) in [7, 11) is 0. The summed E-state index contributed by atoms with van der Waals surface area (Å²) in [5, 5.41) is 10.3. The minimum Gasteiger partial charge on any atom is -0.361 e. The second-order valence-electron chi connectivity index (χ2n) is 8.26. The highest BCUT2D eigenvalue weighted by atomic mass is 19.4. The molecule has 1 aliphatic heterocycles. The van der Waals surface area contributed by atoms with E-state index in [1.165, 1.54) is 6.20 Å². The van der Waals surface area contributed by atoms with Gasteiger partial charge in [-0.2, -0.15) is 13.2 Å². The maximum Gasteiger partial charge on any atom is 0.419 e. The van der Waals surface area contributed by atoms with Crippen LogP contribution in [0.15, 0.2) is 23.0 Å². The Morgan fingerprint density at radius 3 is 2.68 bits per heavy atom. The van der Waals surface area contributed by atoms with Crippen LogP contribution in [0.25, 0.3) is 33.5 Å². The molecule has 8 nitrogen and oxygen atoms in total. The summed E-state index contributed by atoms with van der Waals surface area (Å²) >= 11 is 0. The number of hydrogen-bond acceptors (Lipinski definition) is 7. The van der Waals surface area contributed by atoms with Crippen LogP contribution in [-0.2, 0) is 6.18 Å². The maximum atomic E-state index is 15.1. The van der Waals surface area contributed by atoms with Crippen molar-refractivity contribution < 1.29 is 22.1 Å². The number of aryl methyl sites for hydroxylation is 2. The van der Waals surface area contributed by atoms with Crippen LogP contribution in [0.3, 0.4) is 0 Å². The van der Waals surface area contributed by atoms with Crippen LogP contribution in [0.5, 0.6) is 0 Å². The van der Waals surface area contributed by atoms with E-state index in [-0.39, 0.29) is 40.0 Å². The molecule has 1 saturated heterocycles. The van der Waals surface area contributed by atoms with Gasteiger partial charge in [-0.1, -0.05) is 5.16 Å². The summed E-state index contributed by atoms with van der Waals surface area (Å²) in [5.41, 5.74) is -0.222. The number of H-pyrrole nitrogens is 1. The van der Waals surface area contributed by atoms with Gasteiger partial charge in [0.2, 0.25) is 5.95 Å². The summed E-state index contributed by atoms with van der Waals surface area (Å²) in [6, 6.07) is 1.15. The van der Waals surface area contributed by atoms with Gasteiger partial charge in [0, 0.05) is 35.9 Å². The van der Waals surface area contributed by atoms with Gasteiger partial charge in [-0.25, -0.2) is 19.3 Å². The molecule has 0 aromatic carbocycles. The Bertz CT molecular complexity index is 1340. The molecule has 4 aromatic rings. The van der Waals surface area contributed by atoms with Crippen molar-refractivity contribution in [3.63, 3.8) is 0 Å². The van der Waals surface area contributed by atoms with Crippen LogP contribution in [-0.4, -0.2) is 44.2 Å². The topological polar surface area (TPSA) is 105 Å². The maximum absolute atomic E-state index is 15.1. The smallest absolute Gasteiger partial charge is 0.361 e. The third-order valence-electron chi connectivity index (χ3n) is 5.87. The van der Waals surface area contributed by atoms with E-state index in [0.717, 1.165) is 31.6 Å². The molecule has 0 spiro atoms. The van der Waals surface area contributed by atoms with Crippen LogP contribution in [0.1, 0.15) is 29.9 Å². The van der Waals surface area contributed by atoms with Crippen LogP contribution in [0.4, 0.5) is 23.5 Å². The second-order valence-corrected chi connectivity index (χ2v) is 8.26. The first-order chi connectivity index (χ1) is 16.2. The van der Waals surface area contributed by atoms with Crippen molar-refractivity contribution in [3.8, 4) is 22.5 Å². The predicted octanol–water partition coefficient (Wildman–Crippen LogP) is 4.61. The molecule has 1 aliphatic rings. The fraction of sp³-hybridized carbons (Fsp3) is 0.364. The Labute approximate surface area is 191 Å². The van der Waals surface area contributed by atoms with Crippen molar-refractivity contribution >= 4 is 17.0 Å². The molecule has 0 bridgehead atoms. The molecule has 5 heterocycles. The van der Waals surface area contributed by atoms with E-state index in [4.69, 9.17) is 4.52 Å². The van der Waals surface area contributed by atoms with Crippen LogP contribution in [0.2, 0.25) is 0 Å². The fourth-order valence-corrected chi connectivity index (χ4v) is 4.24. The first-order valence-electron chi connectivity index (χ1n) is 10.7. The number of fused-ring (bicyclic) bond motifs is 1. The van der Waals surface area contributed by atoms with Gasteiger partial charge in [-0.05, 0) is 39.3 Å². The van der Waals surface area contributed by atoms with E-state index in [0.29, 0.717) is 23.6 Å². The largest absolute Gasteiger partial charge is 0.419 e. The molecule has 0 unspecified atom stereocenters. The average molecular weight is 475 g/mol. The molecule has 34 heavy (non-hydrogen) atoms. The molecule has 0 radical (unpaired) electrons. The lowest BCUT2D eigenvalue weighted by Gasteiger charge is -2.24. The van der Waals surface area contributed by atoms with Crippen molar-refractivity contribution in [2.45, 2.75) is 38.9 Å². The van der Waals surface area contributed by atoms with Gasteiger partial charge in [0.15, 0.2) is 0 Å². The fourth-order valence-electron chi connectivity index (χ4n) is 4.24. The third-order valence-corrected chi connectivity index (χ3v) is 5.87. The van der Waals surface area contributed by atoms with Gasteiger partial charge in [0.25, 0.3) is 0 Å². The monoisotopic (exact) mass is 475 g/mol. The zero-order valence-corrected chi connectivity index (χ0v) is 18.3. The van der Waals surface area contributed by atoms with E-state index in [2.05, 4.69) is 35.7 Å². The minimum absolute atomic E-state index is 0.00183. The highest BCUT2D eigenvalue weighted by molar-refractivity contribution is 5.95. The SMILES string of the molecule is Cc1noc(C)c1-c1nc2[nH]cc(-c3nc(N[C@H]4CCCNC4)ncc3C(F)(F)F)c2cc1F. The zero-order chi connectivity index (χ0) is 24.0. The number of alkyl halides is 3. The summed E-state index contributed by atoms with van der Waals surface area (Å²) in [4.78, 5) is 15.2. The quantitative estimate of drug-likeness (QED) is 0.370. The van der Waals surface area contributed by atoms with Gasteiger partial charge in [-0.15, -0.1) is 0 Å². The van der Waals surface area contributed by atoms with E-state index >= 15 is 4.39 Å². The molecule has 5 rings (SSSR count). The highest BCUT2D eigenvalue weighted by Crippen LogP contribution is 2.39. The normalized spacial score (nSPS) is 16.8. The number of nitrogens with one attached hydrogen (secondary N) is 3. The third kappa shape index (κ3) is 3.98. The second kappa shape index (κ2) is 8.35. The molecule has 1 atom stereocenters. The summed E-state index contributed by atoms with van der Waals surface area (Å²) < 4.78 is 61.7. The zero-order valence-electron chi connectivity index (χ0n) is 18.3. The Morgan fingerprint density at radius 2 is 2.00 bits per heavy atom. The molecule has 12 heteroatoms. The van der Waals surface area contributed by atoms with E-state index < -0.39 is 17.6 Å². The average Bonchev–Trinajstić information content (AvgIpc) is 3.35. The molecular formula is C22H21F4N7O. The number of aromatic nitrogens is 5. The van der Waals surface area contributed by atoms with Gasteiger partial charge >= 0.3 is 6.18 Å². The lowest BCUT2D eigenvalue weighted by molar-refractivity contribution is -0.137. The van der Waals surface area contributed by atoms with Gasteiger partial charge < -0.3 is 20.1 Å². The van der Waals surface area contributed by atoms with E-state index in [1.807, 2.05) is 0 Å². The first kappa shape index (κ1) is 22.3. The molecule has 0 aliphatic carbocycles. The lowest BCUT2D eigenvalue weighted by atomic mass is 10.0. The van der Waals surface area contributed by atoms with E-state index in [9.17, 15) is 13.2 Å². The predicted molar refractivity (Wildman–Crippen MR) is 117 cm³/mol. The summed E-state index contributed by atoms with van der Waals surface area (Å²) in [5.74, 6) is -0.248. The van der Waals surface area contributed by atoms with Crippen molar-refractivity contribution in [2.75, 3.05) is 18.4 Å². The van der Waals surface area contributed by atoms with Gasteiger partial charge in [-0.3, -0.25) is 0 Å². The van der Waals surface area contributed by atoms with E-state index in [1.54, 1.807) is 13.8 Å². The number of halogens is 4. The number of rotatable bonds is 4. The Balaban J connectivity index is 1.62. The molecule has 0 amide bonds. The number of nitrogens with zero attached hydrogens (tertiary/aromatic N) is 4. The standard InChI is InChI=1S/C22H21F4N7O/c1-10-17(11(2)34-33-10)19-16(23)6-13-14(8-28-20(13)31-19)18-15(22(24,25)26)9-29-21(32-18)30-12-4-3-5-27-7-12/h6,8-9,12,27H,3-5,7H2,1-2H3,(H,28,31)(H,29,30,32)/t12-/m0/s1. The van der Waals surface area contributed by atoms with Gasteiger partial charge in [0.1, 0.15) is 28.5 Å². The summed E-state index contributed by atoms with van der Waals surface area (Å²) in [6.45, 7) is 4.84. The molecule has 4 aromatic heterocycles. The van der Waals surface area contributed by atoms with Gasteiger partial charge in [0.05, 0.1) is 17.0 Å². The van der Waals surface area contributed by atoms with Crippen molar-refractivity contribution in [1.82, 2.24) is 30.4 Å². The van der Waals surface area contributed by atoms with Crippen molar-refractivity contribution in [3.05, 3.63) is 41.3 Å². The molecule has 1 fully saturated rings. The lowest BCUT2D eigenvalue weighted by Crippen LogP contribution is -2.38. The molecule has 3 N–H and O–H groups in total. The molecular weight excluding hydrogens is 454 g/mol. The molecule has 178 valence electrons. The Morgan fingerprint density at radius 1 is 1.18 bits per heavy atom.